The van der Waals surface area contributed by atoms with Crippen LogP contribution in [-0.4, -0.2) is 33.3 Å². The third-order valence-electron chi connectivity index (χ3n) is 5.64. The number of hydrogen-bond acceptors (Lipinski definition) is 5. The third kappa shape index (κ3) is 9.63. The number of nitrogens with zero attached hydrogens (tertiary/aromatic N) is 2. The molecule has 2 rings (SSSR count). The van der Waals surface area contributed by atoms with E-state index in [4.69, 9.17) is 9.63 Å². The number of aromatic nitrogens is 2. The Hall–Kier alpha value is -2.90. The largest absolute Gasteiger partial charge is 0.465 e. The zero-order valence-corrected chi connectivity index (χ0v) is 20.1. The second-order valence-corrected chi connectivity index (χ2v) is 8.82. The summed E-state index contributed by atoms with van der Waals surface area (Å²) in [5.74, 6) is 0.0993. The Labute approximate surface area is 196 Å². The molecular weight excluding hydrogens is 420 g/mol. The van der Waals surface area contributed by atoms with Gasteiger partial charge < -0.3 is 20.3 Å². The van der Waals surface area contributed by atoms with Gasteiger partial charge >= 0.3 is 6.09 Å². The smallest absolute Gasteiger partial charge is 0.405 e. The maximum Gasteiger partial charge on any atom is 0.405 e. The molecule has 8 heteroatoms. The molecule has 1 aromatic heterocycles. The zero-order valence-electron chi connectivity index (χ0n) is 20.1. The summed E-state index contributed by atoms with van der Waals surface area (Å²) in [6.07, 6.45) is 10.3. The van der Waals surface area contributed by atoms with E-state index in [-0.39, 0.29) is 18.4 Å². The van der Waals surface area contributed by atoms with E-state index in [1.54, 1.807) is 13.8 Å². The maximum atomic E-state index is 12.3. The summed E-state index contributed by atoms with van der Waals surface area (Å²) in [4.78, 5) is 27.5. The van der Waals surface area contributed by atoms with E-state index in [1.807, 2.05) is 12.1 Å². The number of carbonyl (C=O) groups excluding carboxylic acids is 1. The Balaban J connectivity index is 1.77. The molecule has 0 spiro atoms. The van der Waals surface area contributed by atoms with Gasteiger partial charge in [-0.2, -0.15) is 4.98 Å². The van der Waals surface area contributed by atoms with Crippen molar-refractivity contribution in [3.05, 3.63) is 35.7 Å². The number of hydrogen-bond donors (Lipinski definition) is 3. The highest BCUT2D eigenvalue weighted by Gasteiger charge is 2.24. The average Bonchev–Trinajstić information content (AvgIpc) is 3.27. The number of carbonyl (C=O) groups is 2. The fourth-order valence-electron chi connectivity index (χ4n) is 3.67. The second kappa shape index (κ2) is 14.3. The molecule has 0 aliphatic rings. The van der Waals surface area contributed by atoms with Gasteiger partial charge in [-0.1, -0.05) is 95.1 Å². The summed E-state index contributed by atoms with van der Waals surface area (Å²) in [5, 5.41) is 17.8. The summed E-state index contributed by atoms with van der Waals surface area (Å²) in [6, 6.07) is 7.31. The van der Waals surface area contributed by atoms with Crippen molar-refractivity contribution >= 4 is 12.0 Å². The molecule has 0 aliphatic heterocycles. The van der Waals surface area contributed by atoms with Crippen molar-refractivity contribution in [2.75, 3.05) is 0 Å². The molecule has 1 atom stereocenters. The number of aryl methyl sites for hydroxylation is 1. The fraction of sp³-hybridized carbons (Fsp3) is 0.600. The standard InChI is InChI=1S/C25H38N4O4/c1-4-5-6-7-8-9-10-11-12-19-13-15-20(16-14-19)23-27-21(33-29-23)17-26-24(30)22(18(2)3)28-25(31)32/h13-16,18,22,28H,4-12,17H2,1-3H3,(H,26,30)(H,31,32)/t22-/m0/s1. The zero-order chi connectivity index (χ0) is 24.1. The Morgan fingerprint density at radius 2 is 1.64 bits per heavy atom. The van der Waals surface area contributed by atoms with Crippen LogP contribution in [-0.2, 0) is 17.8 Å². The van der Waals surface area contributed by atoms with Crippen LogP contribution < -0.4 is 10.6 Å². The quantitative estimate of drug-likeness (QED) is 0.311. The molecule has 0 radical (unpaired) electrons. The van der Waals surface area contributed by atoms with Crippen LogP contribution in [0.3, 0.4) is 0 Å². The van der Waals surface area contributed by atoms with Crippen LogP contribution in [0.15, 0.2) is 28.8 Å². The van der Waals surface area contributed by atoms with E-state index in [2.05, 4.69) is 39.8 Å². The lowest BCUT2D eigenvalue weighted by molar-refractivity contribution is -0.124. The van der Waals surface area contributed by atoms with Crippen molar-refractivity contribution in [2.24, 2.45) is 5.92 Å². The molecule has 0 saturated carbocycles. The predicted molar refractivity (Wildman–Crippen MR) is 128 cm³/mol. The lowest BCUT2D eigenvalue weighted by Crippen LogP contribution is -2.49. The average molecular weight is 459 g/mol. The van der Waals surface area contributed by atoms with Crippen LogP contribution in [0.25, 0.3) is 11.4 Å². The molecule has 0 bridgehead atoms. The van der Waals surface area contributed by atoms with Gasteiger partial charge in [-0.05, 0) is 24.3 Å². The Morgan fingerprint density at radius 1 is 1.00 bits per heavy atom. The summed E-state index contributed by atoms with van der Waals surface area (Å²) in [7, 11) is 0. The van der Waals surface area contributed by atoms with Crippen molar-refractivity contribution in [1.82, 2.24) is 20.8 Å². The van der Waals surface area contributed by atoms with Crippen LogP contribution in [0.5, 0.6) is 0 Å². The highest BCUT2D eigenvalue weighted by molar-refractivity contribution is 5.85. The molecule has 3 N–H and O–H groups in total. The first-order valence-corrected chi connectivity index (χ1v) is 12.1. The normalized spacial score (nSPS) is 12.0. The van der Waals surface area contributed by atoms with Gasteiger partial charge in [-0.3, -0.25) is 4.79 Å². The summed E-state index contributed by atoms with van der Waals surface area (Å²) >= 11 is 0. The number of nitrogens with one attached hydrogen (secondary N) is 2. The highest BCUT2D eigenvalue weighted by atomic mass is 16.5. The van der Waals surface area contributed by atoms with E-state index in [1.165, 1.54) is 56.9 Å². The lowest BCUT2D eigenvalue weighted by atomic mass is 10.0. The monoisotopic (exact) mass is 458 g/mol. The van der Waals surface area contributed by atoms with Gasteiger partial charge in [-0.25, -0.2) is 4.79 Å². The first kappa shape index (κ1) is 26.4. The first-order chi connectivity index (χ1) is 15.9. The van der Waals surface area contributed by atoms with Crippen LogP contribution in [0, 0.1) is 5.92 Å². The number of amides is 2. The van der Waals surface area contributed by atoms with Crippen molar-refractivity contribution in [3.63, 3.8) is 0 Å². The number of unbranched alkanes of at least 4 members (excludes halogenated alkanes) is 7. The van der Waals surface area contributed by atoms with E-state index >= 15 is 0 Å². The number of carboxylic acid groups (broad SMARTS) is 1. The van der Waals surface area contributed by atoms with Crippen LogP contribution >= 0.6 is 0 Å². The topological polar surface area (TPSA) is 117 Å². The van der Waals surface area contributed by atoms with Gasteiger partial charge in [-0.15, -0.1) is 0 Å². The predicted octanol–water partition coefficient (Wildman–Crippen LogP) is 5.33. The van der Waals surface area contributed by atoms with Crippen molar-refractivity contribution in [1.29, 1.82) is 0 Å². The SMILES string of the molecule is CCCCCCCCCCc1ccc(-c2noc(CNC(=O)[C@@H](NC(=O)O)C(C)C)n2)cc1. The van der Waals surface area contributed by atoms with Crippen LogP contribution in [0.2, 0.25) is 0 Å². The van der Waals surface area contributed by atoms with E-state index in [0.717, 1.165) is 12.0 Å². The number of benzene rings is 1. The van der Waals surface area contributed by atoms with Gasteiger partial charge in [0.1, 0.15) is 6.04 Å². The summed E-state index contributed by atoms with van der Waals surface area (Å²) in [6.45, 7) is 5.81. The summed E-state index contributed by atoms with van der Waals surface area (Å²) in [5.41, 5.74) is 2.15. The Bertz CT molecular complexity index is 848. The van der Waals surface area contributed by atoms with E-state index in [0.29, 0.717) is 5.82 Å². The molecule has 0 saturated heterocycles. The lowest BCUT2D eigenvalue weighted by Gasteiger charge is -2.19. The molecule has 1 aromatic carbocycles. The highest BCUT2D eigenvalue weighted by Crippen LogP contribution is 2.18. The maximum absolute atomic E-state index is 12.3. The van der Waals surface area contributed by atoms with Crippen molar-refractivity contribution in [3.8, 4) is 11.4 Å². The van der Waals surface area contributed by atoms with Gasteiger partial charge in [0.15, 0.2) is 0 Å². The Morgan fingerprint density at radius 3 is 2.24 bits per heavy atom. The van der Waals surface area contributed by atoms with Gasteiger partial charge in [0.2, 0.25) is 17.6 Å². The second-order valence-electron chi connectivity index (χ2n) is 8.82. The molecule has 0 aliphatic carbocycles. The van der Waals surface area contributed by atoms with Crippen molar-refractivity contribution < 1.29 is 19.2 Å². The molecule has 2 amide bonds. The Kier molecular flexibility index (Phi) is 11.4. The molecule has 1 heterocycles. The molecule has 182 valence electrons. The molecule has 8 nitrogen and oxygen atoms in total. The van der Waals surface area contributed by atoms with Crippen LogP contribution in [0.4, 0.5) is 4.79 Å². The minimum atomic E-state index is -1.24. The van der Waals surface area contributed by atoms with E-state index in [9.17, 15) is 9.59 Å². The summed E-state index contributed by atoms with van der Waals surface area (Å²) < 4.78 is 5.24. The van der Waals surface area contributed by atoms with Crippen molar-refractivity contribution in [2.45, 2.75) is 91.1 Å². The van der Waals surface area contributed by atoms with Gasteiger partial charge in [0.05, 0.1) is 6.54 Å². The minimum absolute atomic E-state index is 0.0346. The molecule has 2 aromatic rings. The fourth-order valence-corrected chi connectivity index (χ4v) is 3.67. The third-order valence-corrected chi connectivity index (χ3v) is 5.64. The first-order valence-electron chi connectivity index (χ1n) is 12.1. The van der Waals surface area contributed by atoms with Gasteiger partial charge in [0.25, 0.3) is 0 Å². The van der Waals surface area contributed by atoms with Gasteiger partial charge in [0, 0.05) is 5.56 Å². The molecule has 33 heavy (non-hydrogen) atoms. The minimum Gasteiger partial charge on any atom is -0.465 e. The number of rotatable bonds is 15. The molecule has 0 fully saturated rings. The van der Waals surface area contributed by atoms with E-state index < -0.39 is 18.0 Å². The van der Waals surface area contributed by atoms with Crippen LogP contribution in [0.1, 0.15) is 83.6 Å². The molecular formula is C25H38N4O4. The molecule has 0 unspecified atom stereocenters.